The molecular weight excluding hydrogens is 410 g/mol. The number of aromatic nitrogens is 2. The fourth-order valence-electron chi connectivity index (χ4n) is 3.15. The molecule has 0 bridgehead atoms. The normalized spacial score (nSPS) is 14.5. The van der Waals surface area contributed by atoms with E-state index in [1.165, 1.54) is 12.8 Å². The van der Waals surface area contributed by atoms with Crippen LogP contribution in [0.2, 0.25) is 5.02 Å². The highest BCUT2D eigenvalue weighted by Crippen LogP contribution is 2.30. The maximum Gasteiger partial charge on any atom is 0.251 e. The average Bonchev–Trinajstić information content (AvgIpc) is 3.50. The minimum Gasteiger partial charge on any atom is -0.493 e. The van der Waals surface area contributed by atoms with Crippen LogP contribution in [0.3, 0.4) is 0 Å². The van der Waals surface area contributed by atoms with Gasteiger partial charge in [0.15, 0.2) is 0 Å². The Balaban J connectivity index is 1.31. The van der Waals surface area contributed by atoms with Gasteiger partial charge in [-0.2, -0.15) is 5.10 Å². The van der Waals surface area contributed by atoms with Crippen LogP contribution in [0.15, 0.2) is 67.0 Å². The number of carbonyl (C=O) groups is 1. The van der Waals surface area contributed by atoms with Crippen molar-refractivity contribution in [2.75, 3.05) is 6.61 Å². The molecule has 0 radical (unpaired) electrons. The quantitative estimate of drug-likeness (QED) is 0.502. The molecule has 1 atom stereocenters. The van der Waals surface area contributed by atoms with Gasteiger partial charge in [-0.05, 0) is 55.5 Å². The van der Waals surface area contributed by atoms with Crippen molar-refractivity contribution in [1.82, 2.24) is 15.1 Å². The van der Waals surface area contributed by atoms with Crippen LogP contribution < -0.4 is 10.1 Å². The van der Waals surface area contributed by atoms with E-state index in [9.17, 15) is 4.79 Å². The molecule has 1 fully saturated rings. The summed E-state index contributed by atoms with van der Waals surface area (Å²) < 4.78 is 7.63. The second kappa shape index (κ2) is 9.84. The molecule has 0 unspecified atom stereocenters. The van der Waals surface area contributed by atoms with E-state index in [0.717, 1.165) is 23.5 Å². The predicted molar refractivity (Wildman–Crippen MR) is 123 cm³/mol. The number of carbonyl (C=O) groups excluding carboxylic acids is 1. The van der Waals surface area contributed by atoms with Crippen molar-refractivity contribution in [1.29, 1.82) is 0 Å². The minimum atomic E-state index is -0.103. The zero-order valence-electron chi connectivity index (χ0n) is 17.5. The largest absolute Gasteiger partial charge is 0.493 e. The Morgan fingerprint density at radius 3 is 2.84 bits per heavy atom. The highest BCUT2D eigenvalue weighted by molar-refractivity contribution is 6.31. The summed E-state index contributed by atoms with van der Waals surface area (Å²) >= 11 is 6.44. The number of hydrogen-bond donors (Lipinski definition) is 1. The van der Waals surface area contributed by atoms with Crippen LogP contribution in [-0.2, 0) is 6.54 Å². The van der Waals surface area contributed by atoms with Gasteiger partial charge < -0.3 is 10.1 Å². The first kappa shape index (κ1) is 21.2. The monoisotopic (exact) mass is 435 g/mol. The molecule has 160 valence electrons. The van der Waals surface area contributed by atoms with Crippen molar-refractivity contribution in [3.8, 4) is 5.75 Å². The lowest BCUT2D eigenvalue weighted by molar-refractivity contribution is 0.0947. The van der Waals surface area contributed by atoms with Gasteiger partial charge in [-0.15, -0.1) is 0 Å². The lowest BCUT2D eigenvalue weighted by Gasteiger charge is -2.09. The van der Waals surface area contributed by atoms with Crippen molar-refractivity contribution in [3.63, 3.8) is 0 Å². The fourth-order valence-corrected chi connectivity index (χ4v) is 3.38. The summed E-state index contributed by atoms with van der Waals surface area (Å²) in [6.07, 6.45) is 10.2. The smallest absolute Gasteiger partial charge is 0.251 e. The molecule has 1 aromatic heterocycles. The number of amides is 1. The topological polar surface area (TPSA) is 56.1 Å². The van der Waals surface area contributed by atoms with Crippen LogP contribution in [0, 0.1) is 5.92 Å². The Morgan fingerprint density at radius 2 is 2.10 bits per heavy atom. The first-order chi connectivity index (χ1) is 15.1. The van der Waals surface area contributed by atoms with Gasteiger partial charge in [0.05, 0.1) is 19.3 Å². The van der Waals surface area contributed by atoms with Crippen molar-refractivity contribution in [2.24, 2.45) is 5.92 Å². The highest BCUT2D eigenvalue weighted by Gasteiger charge is 2.22. The minimum absolute atomic E-state index is 0.0901. The van der Waals surface area contributed by atoms with Gasteiger partial charge in [-0.3, -0.25) is 9.48 Å². The van der Waals surface area contributed by atoms with Crippen LogP contribution in [0.5, 0.6) is 5.75 Å². The molecule has 1 saturated carbocycles. The molecule has 1 heterocycles. The molecule has 2 aromatic carbocycles. The van der Waals surface area contributed by atoms with Gasteiger partial charge in [0.1, 0.15) is 5.75 Å². The maximum atomic E-state index is 12.2. The predicted octanol–water partition coefficient (Wildman–Crippen LogP) is 5.21. The van der Waals surface area contributed by atoms with Crippen LogP contribution in [0.25, 0.3) is 6.08 Å². The molecule has 3 aromatic rings. The number of hydrogen-bond acceptors (Lipinski definition) is 3. The first-order valence-corrected chi connectivity index (χ1v) is 10.9. The number of rotatable bonds is 9. The molecule has 5 nitrogen and oxygen atoms in total. The summed E-state index contributed by atoms with van der Waals surface area (Å²) in [5, 5.41) is 8.06. The third-order valence-corrected chi connectivity index (χ3v) is 5.52. The summed E-state index contributed by atoms with van der Waals surface area (Å²) in [6, 6.07) is 14.9. The SMILES string of the molecule is C[C@@H](C=Cc1cnn(Cc2ccc(OCC3CC3)cc2Cl)c1)NC(=O)c1ccccc1. The van der Waals surface area contributed by atoms with Gasteiger partial charge in [0.2, 0.25) is 0 Å². The maximum absolute atomic E-state index is 12.2. The lowest BCUT2D eigenvalue weighted by Crippen LogP contribution is -2.30. The lowest BCUT2D eigenvalue weighted by atomic mass is 10.2. The molecule has 1 N–H and O–H groups in total. The number of benzene rings is 2. The van der Waals surface area contributed by atoms with E-state index < -0.39 is 0 Å². The van der Waals surface area contributed by atoms with Crippen molar-refractivity contribution < 1.29 is 9.53 Å². The molecule has 31 heavy (non-hydrogen) atoms. The van der Waals surface area contributed by atoms with E-state index in [1.807, 2.05) is 66.4 Å². The van der Waals surface area contributed by atoms with E-state index in [-0.39, 0.29) is 11.9 Å². The van der Waals surface area contributed by atoms with E-state index in [1.54, 1.807) is 18.3 Å². The van der Waals surface area contributed by atoms with E-state index >= 15 is 0 Å². The Kier molecular flexibility index (Phi) is 6.73. The molecule has 1 aliphatic rings. The Hall–Kier alpha value is -3.05. The second-order valence-electron chi connectivity index (χ2n) is 7.97. The Labute approximate surface area is 187 Å². The summed E-state index contributed by atoms with van der Waals surface area (Å²) in [5.41, 5.74) is 2.60. The molecule has 0 aliphatic heterocycles. The van der Waals surface area contributed by atoms with E-state index in [0.29, 0.717) is 23.0 Å². The van der Waals surface area contributed by atoms with Crippen molar-refractivity contribution >= 4 is 23.6 Å². The first-order valence-electron chi connectivity index (χ1n) is 10.5. The molecule has 1 amide bonds. The summed E-state index contributed by atoms with van der Waals surface area (Å²) in [4.78, 5) is 12.2. The molecule has 1 aliphatic carbocycles. The highest BCUT2D eigenvalue weighted by atomic mass is 35.5. The number of nitrogens with one attached hydrogen (secondary N) is 1. The van der Waals surface area contributed by atoms with Crippen LogP contribution in [-0.4, -0.2) is 28.3 Å². The zero-order chi connectivity index (χ0) is 21.6. The van der Waals surface area contributed by atoms with Gasteiger partial charge in [0.25, 0.3) is 5.91 Å². The summed E-state index contributed by atoms with van der Waals surface area (Å²) in [5.74, 6) is 1.44. The third-order valence-electron chi connectivity index (χ3n) is 5.16. The molecule has 0 saturated heterocycles. The summed E-state index contributed by atoms with van der Waals surface area (Å²) in [7, 11) is 0. The standard InChI is InChI=1S/C25H26ClN3O2/c1-18(28-25(30)21-5-3-2-4-6-21)7-8-20-14-27-29(15-20)16-22-11-12-23(13-24(22)26)31-17-19-9-10-19/h2-8,11-15,18-19H,9-10,16-17H2,1H3,(H,28,30)/t18-/m0/s1. The third kappa shape index (κ3) is 6.22. The van der Waals surface area contributed by atoms with Gasteiger partial charge in [-0.25, -0.2) is 0 Å². The van der Waals surface area contributed by atoms with Crippen molar-refractivity contribution in [3.05, 3.63) is 88.7 Å². The van der Waals surface area contributed by atoms with Gasteiger partial charge in [0, 0.05) is 28.4 Å². The Bertz CT molecular complexity index is 1060. The van der Waals surface area contributed by atoms with Crippen LogP contribution in [0.1, 0.15) is 41.3 Å². The molecule has 6 heteroatoms. The van der Waals surface area contributed by atoms with Crippen LogP contribution >= 0.6 is 11.6 Å². The van der Waals surface area contributed by atoms with Crippen LogP contribution in [0.4, 0.5) is 0 Å². The molecule has 0 spiro atoms. The van der Waals surface area contributed by atoms with Gasteiger partial charge >= 0.3 is 0 Å². The second-order valence-corrected chi connectivity index (χ2v) is 8.37. The number of nitrogens with zero attached hydrogens (tertiary/aromatic N) is 2. The van der Waals surface area contributed by atoms with E-state index in [4.69, 9.17) is 16.3 Å². The van der Waals surface area contributed by atoms with E-state index in [2.05, 4.69) is 10.4 Å². The fraction of sp³-hybridized carbons (Fsp3) is 0.280. The summed E-state index contributed by atoms with van der Waals surface area (Å²) in [6.45, 7) is 3.29. The van der Waals surface area contributed by atoms with Crippen molar-refractivity contribution in [2.45, 2.75) is 32.4 Å². The molecule has 4 rings (SSSR count). The number of halogens is 1. The average molecular weight is 436 g/mol. The number of ether oxygens (including phenoxy) is 1. The molecular formula is C25H26ClN3O2. The zero-order valence-corrected chi connectivity index (χ0v) is 18.3. The van der Waals surface area contributed by atoms with Gasteiger partial charge in [-0.1, -0.05) is 48.0 Å². The Morgan fingerprint density at radius 1 is 1.29 bits per heavy atom.